The second-order valence-electron chi connectivity index (χ2n) is 5.21. The lowest BCUT2D eigenvalue weighted by atomic mass is 9.93. The van der Waals surface area contributed by atoms with Crippen molar-refractivity contribution in [2.75, 3.05) is 17.3 Å². The van der Waals surface area contributed by atoms with Gasteiger partial charge in [-0.2, -0.15) is 0 Å². The van der Waals surface area contributed by atoms with Crippen molar-refractivity contribution < 1.29 is 13.6 Å². The smallest absolute Gasteiger partial charge is 0.257 e. The zero-order chi connectivity index (χ0) is 16.6. The van der Waals surface area contributed by atoms with E-state index in [1.165, 1.54) is 11.1 Å². The number of hydrogen-bond donors (Lipinski definition) is 1. The Balaban J connectivity index is 1.98. The van der Waals surface area contributed by atoms with Crippen LogP contribution >= 0.6 is 0 Å². The Hall–Kier alpha value is -2.95. The highest BCUT2D eigenvalue weighted by Crippen LogP contribution is 2.39. The number of rotatable bonds is 2. The minimum atomic E-state index is -0.614. The highest BCUT2D eigenvalue weighted by Gasteiger charge is 2.28. The molecule has 0 unspecified atom stereocenters. The summed E-state index contributed by atoms with van der Waals surface area (Å²) in [5.41, 5.74) is 1.04. The van der Waals surface area contributed by atoms with Gasteiger partial charge < -0.3 is 10.2 Å². The molecule has 0 fully saturated rings. The Kier molecular flexibility index (Phi) is 3.70. The molecule has 3 rings (SSSR count). The van der Waals surface area contributed by atoms with Gasteiger partial charge in [0.1, 0.15) is 11.6 Å². The van der Waals surface area contributed by atoms with E-state index in [-0.39, 0.29) is 22.4 Å². The molecule has 116 valence electrons. The van der Waals surface area contributed by atoms with Crippen molar-refractivity contribution >= 4 is 22.9 Å². The van der Waals surface area contributed by atoms with Gasteiger partial charge in [0.15, 0.2) is 0 Å². The Morgan fingerprint density at radius 2 is 1.74 bits per heavy atom. The molecule has 5 heteroatoms. The maximum absolute atomic E-state index is 14.1. The number of fused-ring (bicyclic) bond motifs is 1. The van der Waals surface area contributed by atoms with Crippen LogP contribution in [0, 0.1) is 11.6 Å². The monoisotopic (exact) mass is 312 g/mol. The van der Waals surface area contributed by atoms with E-state index in [0.29, 0.717) is 5.69 Å². The van der Waals surface area contributed by atoms with Crippen LogP contribution in [0.2, 0.25) is 0 Å². The van der Waals surface area contributed by atoms with E-state index >= 15 is 0 Å². The van der Waals surface area contributed by atoms with E-state index in [9.17, 15) is 13.6 Å². The fourth-order valence-corrected chi connectivity index (χ4v) is 2.56. The first-order valence-electron chi connectivity index (χ1n) is 6.97. The molecule has 0 spiro atoms. The van der Waals surface area contributed by atoms with Crippen molar-refractivity contribution in [3.63, 3.8) is 0 Å². The molecular weight excluding hydrogens is 298 g/mol. The van der Waals surface area contributed by atoms with Gasteiger partial charge in [0.2, 0.25) is 0 Å². The second kappa shape index (κ2) is 5.68. The third kappa shape index (κ3) is 2.61. The van der Waals surface area contributed by atoms with Crippen molar-refractivity contribution in [2.24, 2.45) is 0 Å². The maximum Gasteiger partial charge on any atom is 0.257 e. The predicted molar refractivity (Wildman–Crippen MR) is 86.9 cm³/mol. The standard InChI is InChI=1S/C18H14F2N2O/c1-11-13(18(23)21-12-6-4-3-5-7-12)10-22(2)17-15(20)9-8-14(19)16(11)17/h3-10H,1H2,2H3,(H,21,23). The Labute approximate surface area is 132 Å². The molecule has 2 aromatic rings. The van der Waals surface area contributed by atoms with Crippen LogP contribution in [-0.2, 0) is 4.79 Å². The summed E-state index contributed by atoms with van der Waals surface area (Å²) in [6, 6.07) is 11.0. The first kappa shape index (κ1) is 15.0. The van der Waals surface area contributed by atoms with Crippen molar-refractivity contribution in [1.29, 1.82) is 0 Å². The lowest BCUT2D eigenvalue weighted by molar-refractivity contribution is -0.112. The van der Waals surface area contributed by atoms with Gasteiger partial charge in [-0.05, 0) is 29.8 Å². The number of halogens is 2. The van der Waals surface area contributed by atoms with E-state index in [4.69, 9.17) is 0 Å². The molecule has 1 aliphatic heterocycles. The molecule has 0 aromatic heterocycles. The minimum Gasteiger partial charge on any atom is -0.347 e. The van der Waals surface area contributed by atoms with Crippen LogP contribution in [-0.4, -0.2) is 13.0 Å². The SMILES string of the molecule is C=C1C(C(=O)Nc2ccccc2)=CN(C)c2c(F)ccc(F)c21. The number of amides is 1. The first-order valence-corrected chi connectivity index (χ1v) is 6.97. The zero-order valence-corrected chi connectivity index (χ0v) is 12.4. The minimum absolute atomic E-state index is 0.00760. The molecule has 0 aliphatic carbocycles. The van der Waals surface area contributed by atoms with Gasteiger partial charge in [-0.3, -0.25) is 4.79 Å². The van der Waals surface area contributed by atoms with Crippen LogP contribution < -0.4 is 10.2 Å². The molecule has 0 saturated carbocycles. The summed E-state index contributed by atoms with van der Waals surface area (Å²) in [5.74, 6) is -1.61. The average Bonchev–Trinajstić information content (AvgIpc) is 2.54. The lowest BCUT2D eigenvalue weighted by Crippen LogP contribution is -2.25. The molecule has 23 heavy (non-hydrogen) atoms. The Morgan fingerprint density at radius 3 is 2.43 bits per heavy atom. The fourth-order valence-electron chi connectivity index (χ4n) is 2.56. The fraction of sp³-hybridized carbons (Fsp3) is 0.0556. The quantitative estimate of drug-likeness (QED) is 0.910. The topological polar surface area (TPSA) is 32.3 Å². The average molecular weight is 312 g/mol. The molecule has 2 aromatic carbocycles. The summed E-state index contributed by atoms with van der Waals surface area (Å²) in [4.78, 5) is 13.8. The Morgan fingerprint density at radius 1 is 1.09 bits per heavy atom. The third-order valence-electron chi connectivity index (χ3n) is 3.66. The van der Waals surface area contributed by atoms with Gasteiger partial charge in [0.25, 0.3) is 5.91 Å². The summed E-state index contributed by atoms with van der Waals surface area (Å²) in [5, 5.41) is 2.72. The predicted octanol–water partition coefficient (Wildman–Crippen LogP) is 3.95. The van der Waals surface area contributed by atoms with Gasteiger partial charge in [-0.1, -0.05) is 24.8 Å². The summed E-state index contributed by atoms with van der Waals surface area (Å²) in [7, 11) is 1.56. The van der Waals surface area contributed by atoms with Gasteiger partial charge in [-0.25, -0.2) is 8.78 Å². The molecular formula is C18H14F2N2O. The van der Waals surface area contributed by atoms with Crippen LogP contribution in [0.1, 0.15) is 5.56 Å². The first-order chi connectivity index (χ1) is 11.0. The van der Waals surface area contributed by atoms with Crippen LogP contribution in [0.4, 0.5) is 20.2 Å². The van der Waals surface area contributed by atoms with Crippen LogP contribution in [0.15, 0.2) is 60.8 Å². The van der Waals surface area contributed by atoms with Crippen LogP contribution in [0.3, 0.4) is 0 Å². The largest absolute Gasteiger partial charge is 0.347 e. The molecule has 1 heterocycles. The maximum atomic E-state index is 14.1. The number of nitrogens with zero attached hydrogens (tertiary/aromatic N) is 1. The normalized spacial score (nSPS) is 13.4. The van der Waals surface area contributed by atoms with E-state index in [2.05, 4.69) is 11.9 Å². The molecule has 1 amide bonds. The molecule has 3 nitrogen and oxygen atoms in total. The van der Waals surface area contributed by atoms with Crippen molar-refractivity contribution in [2.45, 2.75) is 0 Å². The van der Waals surface area contributed by atoms with Gasteiger partial charge >= 0.3 is 0 Å². The summed E-state index contributed by atoms with van der Waals surface area (Å²) in [6.07, 6.45) is 1.45. The number of para-hydroxylation sites is 1. The number of carbonyl (C=O) groups excluding carboxylic acids is 1. The molecule has 1 N–H and O–H groups in total. The van der Waals surface area contributed by atoms with E-state index in [1.54, 1.807) is 31.3 Å². The molecule has 0 atom stereocenters. The van der Waals surface area contributed by atoms with Crippen LogP contribution in [0.25, 0.3) is 5.57 Å². The van der Waals surface area contributed by atoms with Gasteiger partial charge in [-0.15, -0.1) is 0 Å². The van der Waals surface area contributed by atoms with Gasteiger partial charge in [0, 0.05) is 24.5 Å². The lowest BCUT2D eigenvalue weighted by Gasteiger charge is -2.27. The highest BCUT2D eigenvalue weighted by molar-refractivity contribution is 6.16. The van der Waals surface area contributed by atoms with Crippen molar-refractivity contribution in [3.05, 3.63) is 78.0 Å². The summed E-state index contributed by atoms with van der Waals surface area (Å²) in [6.45, 7) is 3.77. The molecule has 0 bridgehead atoms. The number of carbonyl (C=O) groups is 1. The molecule has 0 radical (unpaired) electrons. The van der Waals surface area contributed by atoms with Crippen LogP contribution in [0.5, 0.6) is 0 Å². The van der Waals surface area contributed by atoms with Crippen molar-refractivity contribution in [1.82, 2.24) is 0 Å². The number of benzene rings is 2. The zero-order valence-electron chi connectivity index (χ0n) is 12.4. The number of anilines is 2. The highest BCUT2D eigenvalue weighted by atomic mass is 19.1. The summed E-state index contributed by atoms with van der Waals surface area (Å²) < 4.78 is 28.1. The second-order valence-corrected chi connectivity index (χ2v) is 5.21. The Bertz CT molecular complexity index is 828. The number of nitrogens with one attached hydrogen (secondary N) is 1. The number of hydrogen-bond acceptors (Lipinski definition) is 2. The molecule has 1 aliphatic rings. The van der Waals surface area contributed by atoms with Gasteiger partial charge in [0.05, 0.1) is 11.3 Å². The third-order valence-corrected chi connectivity index (χ3v) is 3.66. The van der Waals surface area contributed by atoms with E-state index in [0.717, 1.165) is 12.1 Å². The summed E-state index contributed by atoms with van der Waals surface area (Å²) >= 11 is 0. The van der Waals surface area contributed by atoms with Crippen molar-refractivity contribution in [3.8, 4) is 0 Å². The van der Waals surface area contributed by atoms with E-state index < -0.39 is 17.5 Å². The molecule has 0 saturated heterocycles. The van der Waals surface area contributed by atoms with E-state index in [1.807, 2.05) is 6.07 Å².